The Morgan fingerprint density at radius 3 is 2.55 bits per heavy atom. The molecule has 3 rings (SSSR count). The van der Waals surface area contributed by atoms with Gasteiger partial charge in [-0.15, -0.1) is 0 Å². The lowest BCUT2D eigenvalue weighted by Crippen LogP contribution is -2.06. The summed E-state index contributed by atoms with van der Waals surface area (Å²) in [6, 6.07) is 13.8. The fourth-order valence-corrected chi connectivity index (χ4v) is 2.22. The van der Waals surface area contributed by atoms with Gasteiger partial charge >= 0.3 is 0 Å². The molecule has 0 saturated heterocycles. The Morgan fingerprint density at radius 1 is 1.00 bits per heavy atom. The van der Waals surface area contributed by atoms with Crippen LogP contribution in [0.3, 0.4) is 0 Å². The number of benzene rings is 2. The third-order valence-electron chi connectivity index (χ3n) is 3.23. The van der Waals surface area contributed by atoms with E-state index in [1.807, 2.05) is 42.5 Å². The molecule has 0 amide bonds. The number of rotatable bonds is 3. The molecule has 4 heteroatoms. The van der Waals surface area contributed by atoms with Crippen molar-refractivity contribution in [3.05, 3.63) is 66.1 Å². The Hall–Kier alpha value is -2.46. The van der Waals surface area contributed by atoms with Gasteiger partial charge in [0.2, 0.25) is 5.88 Å². The standard InChI is InChI=1S/C16H14N2O2/c1-20-16-14(17-8-9-18-16)15(19)13-7-6-11-4-2-3-5-12(11)10-13/h2-10,15,19H,1H3. The van der Waals surface area contributed by atoms with Crippen molar-refractivity contribution < 1.29 is 9.84 Å². The van der Waals surface area contributed by atoms with Crippen LogP contribution in [0.15, 0.2) is 54.9 Å². The van der Waals surface area contributed by atoms with Gasteiger partial charge in [-0.1, -0.05) is 36.4 Å². The zero-order valence-corrected chi connectivity index (χ0v) is 11.0. The molecule has 1 heterocycles. The summed E-state index contributed by atoms with van der Waals surface area (Å²) in [5, 5.41) is 12.7. The van der Waals surface area contributed by atoms with E-state index in [0.29, 0.717) is 11.6 Å². The fourth-order valence-electron chi connectivity index (χ4n) is 2.22. The second kappa shape index (κ2) is 5.27. The molecular weight excluding hydrogens is 252 g/mol. The fraction of sp³-hybridized carbons (Fsp3) is 0.125. The third-order valence-corrected chi connectivity index (χ3v) is 3.23. The number of hydrogen-bond donors (Lipinski definition) is 1. The lowest BCUT2D eigenvalue weighted by molar-refractivity contribution is 0.208. The van der Waals surface area contributed by atoms with Gasteiger partial charge in [-0.05, 0) is 22.4 Å². The number of nitrogens with zero attached hydrogens (tertiary/aromatic N) is 2. The molecule has 1 aromatic heterocycles. The van der Waals surface area contributed by atoms with Gasteiger partial charge in [0.15, 0.2) is 0 Å². The maximum Gasteiger partial charge on any atom is 0.238 e. The van der Waals surface area contributed by atoms with Gasteiger partial charge in [-0.25, -0.2) is 4.98 Å². The molecule has 0 aliphatic heterocycles. The van der Waals surface area contributed by atoms with E-state index in [4.69, 9.17) is 4.74 Å². The first-order valence-electron chi connectivity index (χ1n) is 6.31. The zero-order valence-electron chi connectivity index (χ0n) is 11.0. The van der Waals surface area contributed by atoms with Crippen molar-refractivity contribution >= 4 is 10.8 Å². The van der Waals surface area contributed by atoms with Crippen molar-refractivity contribution in [3.63, 3.8) is 0 Å². The smallest absolute Gasteiger partial charge is 0.238 e. The Balaban J connectivity index is 2.05. The number of aromatic nitrogens is 2. The molecule has 0 bridgehead atoms. The summed E-state index contributed by atoms with van der Waals surface area (Å²) in [6.45, 7) is 0. The number of aliphatic hydroxyl groups is 1. The van der Waals surface area contributed by atoms with Crippen LogP contribution >= 0.6 is 0 Å². The number of hydrogen-bond acceptors (Lipinski definition) is 4. The Labute approximate surface area is 116 Å². The second-order valence-electron chi connectivity index (χ2n) is 4.46. The minimum atomic E-state index is -0.858. The molecule has 4 nitrogen and oxygen atoms in total. The maximum absolute atomic E-state index is 10.5. The third kappa shape index (κ3) is 2.21. The largest absolute Gasteiger partial charge is 0.480 e. The molecule has 0 fully saturated rings. The van der Waals surface area contributed by atoms with Crippen LogP contribution in [0.5, 0.6) is 5.88 Å². The highest BCUT2D eigenvalue weighted by atomic mass is 16.5. The van der Waals surface area contributed by atoms with Gasteiger partial charge < -0.3 is 9.84 Å². The minimum absolute atomic E-state index is 0.341. The molecule has 2 aromatic carbocycles. The van der Waals surface area contributed by atoms with Crippen LogP contribution < -0.4 is 4.74 Å². The summed E-state index contributed by atoms with van der Waals surface area (Å²) in [4.78, 5) is 8.23. The van der Waals surface area contributed by atoms with E-state index >= 15 is 0 Å². The van der Waals surface area contributed by atoms with Crippen molar-refractivity contribution in [2.24, 2.45) is 0 Å². The van der Waals surface area contributed by atoms with E-state index in [0.717, 1.165) is 16.3 Å². The summed E-state index contributed by atoms with van der Waals surface area (Å²) < 4.78 is 5.14. The van der Waals surface area contributed by atoms with Gasteiger partial charge in [-0.2, -0.15) is 0 Å². The highest BCUT2D eigenvalue weighted by Crippen LogP contribution is 2.28. The molecule has 0 saturated carbocycles. The van der Waals surface area contributed by atoms with Crippen molar-refractivity contribution in [2.75, 3.05) is 7.11 Å². The van der Waals surface area contributed by atoms with Crippen molar-refractivity contribution in [1.29, 1.82) is 0 Å². The molecule has 0 aliphatic carbocycles. The summed E-state index contributed by atoms with van der Waals surface area (Å²) in [7, 11) is 1.51. The van der Waals surface area contributed by atoms with Gasteiger partial charge in [0, 0.05) is 12.4 Å². The summed E-state index contributed by atoms with van der Waals surface area (Å²) in [5.74, 6) is 0.341. The second-order valence-corrected chi connectivity index (χ2v) is 4.46. The SMILES string of the molecule is COc1nccnc1C(O)c1ccc2ccccc2c1. The lowest BCUT2D eigenvalue weighted by atomic mass is 10.0. The monoisotopic (exact) mass is 266 g/mol. The van der Waals surface area contributed by atoms with Crippen LogP contribution in [-0.2, 0) is 0 Å². The predicted molar refractivity (Wildman–Crippen MR) is 76.6 cm³/mol. The van der Waals surface area contributed by atoms with Gasteiger partial charge in [0.1, 0.15) is 11.8 Å². The van der Waals surface area contributed by atoms with Crippen LogP contribution in [0.25, 0.3) is 10.8 Å². The van der Waals surface area contributed by atoms with Crippen LogP contribution in [0.4, 0.5) is 0 Å². The van der Waals surface area contributed by atoms with Gasteiger partial charge in [0.25, 0.3) is 0 Å². The van der Waals surface area contributed by atoms with E-state index in [-0.39, 0.29) is 0 Å². The average molecular weight is 266 g/mol. The van der Waals surface area contributed by atoms with Gasteiger partial charge in [-0.3, -0.25) is 4.98 Å². The van der Waals surface area contributed by atoms with E-state index in [9.17, 15) is 5.11 Å². The van der Waals surface area contributed by atoms with E-state index in [1.54, 1.807) is 6.20 Å². The van der Waals surface area contributed by atoms with E-state index < -0.39 is 6.10 Å². The molecule has 1 unspecified atom stereocenters. The average Bonchev–Trinajstić information content (AvgIpc) is 2.53. The maximum atomic E-state index is 10.5. The Morgan fingerprint density at radius 2 is 1.75 bits per heavy atom. The van der Waals surface area contributed by atoms with Crippen LogP contribution in [0.1, 0.15) is 17.4 Å². The van der Waals surface area contributed by atoms with Crippen molar-refractivity contribution in [1.82, 2.24) is 9.97 Å². The first kappa shape index (κ1) is 12.6. The zero-order chi connectivity index (χ0) is 13.9. The molecule has 0 aliphatic rings. The van der Waals surface area contributed by atoms with Crippen molar-refractivity contribution in [2.45, 2.75) is 6.10 Å². The molecule has 20 heavy (non-hydrogen) atoms. The molecule has 0 spiro atoms. The predicted octanol–water partition coefficient (Wildman–Crippen LogP) is 2.72. The number of aliphatic hydroxyl groups excluding tert-OH is 1. The molecule has 0 radical (unpaired) electrons. The van der Waals surface area contributed by atoms with Gasteiger partial charge in [0.05, 0.1) is 7.11 Å². The summed E-state index contributed by atoms with van der Waals surface area (Å²) >= 11 is 0. The van der Waals surface area contributed by atoms with Crippen LogP contribution in [0, 0.1) is 0 Å². The van der Waals surface area contributed by atoms with Crippen LogP contribution in [0.2, 0.25) is 0 Å². The highest BCUT2D eigenvalue weighted by molar-refractivity contribution is 5.83. The molecular formula is C16H14N2O2. The number of fused-ring (bicyclic) bond motifs is 1. The van der Waals surface area contributed by atoms with E-state index in [1.165, 1.54) is 13.3 Å². The Bertz CT molecular complexity index is 743. The van der Waals surface area contributed by atoms with Crippen molar-refractivity contribution in [3.8, 4) is 5.88 Å². The Kier molecular flexibility index (Phi) is 3.31. The van der Waals surface area contributed by atoms with Crippen LogP contribution in [-0.4, -0.2) is 22.2 Å². The molecule has 3 aromatic rings. The quantitative estimate of drug-likeness (QED) is 0.792. The topological polar surface area (TPSA) is 55.2 Å². The first-order chi connectivity index (χ1) is 9.79. The summed E-state index contributed by atoms with van der Waals surface area (Å²) in [6.07, 6.45) is 2.22. The lowest BCUT2D eigenvalue weighted by Gasteiger charge is -2.13. The minimum Gasteiger partial charge on any atom is -0.480 e. The normalized spacial score (nSPS) is 12.3. The molecule has 1 atom stereocenters. The highest BCUT2D eigenvalue weighted by Gasteiger charge is 2.18. The molecule has 100 valence electrons. The number of methoxy groups -OCH3 is 1. The first-order valence-corrected chi connectivity index (χ1v) is 6.31. The summed E-state index contributed by atoms with van der Waals surface area (Å²) in [5.41, 5.74) is 1.19. The molecule has 1 N–H and O–H groups in total. The van der Waals surface area contributed by atoms with E-state index in [2.05, 4.69) is 9.97 Å². The number of ether oxygens (including phenoxy) is 1.